The van der Waals surface area contributed by atoms with E-state index in [2.05, 4.69) is 5.10 Å². The third-order valence-electron chi connectivity index (χ3n) is 2.36. The second-order valence-corrected chi connectivity index (χ2v) is 4.29. The molecule has 0 aliphatic carbocycles. The summed E-state index contributed by atoms with van der Waals surface area (Å²) in [6.07, 6.45) is 2.66. The van der Waals surface area contributed by atoms with Crippen LogP contribution in [-0.4, -0.2) is 23.0 Å². The van der Waals surface area contributed by atoms with Gasteiger partial charge in [0.05, 0.1) is 12.2 Å². The molecule has 0 spiro atoms. The van der Waals surface area contributed by atoms with Gasteiger partial charge in [0.2, 0.25) is 0 Å². The van der Waals surface area contributed by atoms with Crippen molar-refractivity contribution in [2.45, 2.75) is 13.0 Å². The lowest BCUT2D eigenvalue weighted by atomic mass is 10.1. The normalized spacial score (nSPS) is 10.9. The second-order valence-electron chi connectivity index (χ2n) is 3.51. The molecule has 0 radical (unpaired) electrons. The monoisotopic (exact) mass is 239 g/mol. The molecule has 86 valence electrons. The van der Waals surface area contributed by atoms with E-state index >= 15 is 0 Å². The van der Waals surface area contributed by atoms with E-state index in [4.69, 9.17) is 5.73 Å². The van der Waals surface area contributed by atoms with E-state index in [0.29, 0.717) is 13.1 Å². The third kappa shape index (κ3) is 2.31. The van der Waals surface area contributed by atoms with Crippen molar-refractivity contribution < 1.29 is 4.39 Å². The van der Waals surface area contributed by atoms with Crippen LogP contribution >= 0.6 is 11.3 Å². The fourth-order valence-corrected chi connectivity index (χ4v) is 2.29. The van der Waals surface area contributed by atoms with Crippen LogP contribution in [0, 0.1) is 0 Å². The zero-order chi connectivity index (χ0) is 11.4. The Balaban J connectivity index is 2.34. The number of aryl methyl sites for hydroxylation is 1. The Morgan fingerprint density at radius 2 is 2.38 bits per heavy atom. The van der Waals surface area contributed by atoms with Gasteiger partial charge in [-0.25, -0.2) is 4.39 Å². The Hall–Kier alpha value is -1.20. The van der Waals surface area contributed by atoms with Crippen LogP contribution in [0.2, 0.25) is 0 Å². The van der Waals surface area contributed by atoms with E-state index in [-0.39, 0.29) is 0 Å². The van der Waals surface area contributed by atoms with Gasteiger partial charge in [-0.3, -0.25) is 4.68 Å². The SMILES string of the molecule is NCCc1cn(CCF)nc1-c1ccsc1. The number of hydrogen-bond acceptors (Lipinski definition) is 3. The van der Waals surface area contributed by atoms with Gasteiger partial charge < -0.3 is 5.73 Å². The zero-order valence-corrected chi connectivity index (χ0v) is 9.71. The molecule has 16 heavy (non-hydrogen) atoms. The van der Waals surface area contributed by atoms with Gasteiger partial charge in [0.25, 0.3) is 0 Å². The number of rotatable bonds is 5. The first-order valence-electron chi connectivity index (χ1n) is 5.20. The minimum absolute atomic E-state index is 0.307. The van der Waals surface area contributed by atoms with Crippen molar-refractivity contribution in [3.63, 3.8) is 0 Å². The summed E-state index contributed by atoms with van der Waals surface area (Å²) < 4.78 is 13.9. The summed E-state index contributed by atoms with van der Waals surface area (Å²) >= 11 is 1.63. The molecule has 0 amide bonds. The molecule has 0 unspecified atom stereocenters. The number of hydrogen-bond donors (Lipinski definition) is 1. The summed E-state index contributed by atoms with van der Waals surface area (Å²) in [6.45, 7) is 0.493. The smallest absolute Gasteiger partial charge is 0.109 e. The Bertz CT molecular complexity index is 436. The van der Waals surface area contributed by atoms with E-state index in [1.807, 2.05) is 23.0 Å². The molecule has 0 fully saturated rings. The fourth-order valence-electron chi connectivity index (χ4n) is 1.64. The molecule has 0 aliphatic rings. The van der Waals surface area contributed by atoms with E-state index in [1.54, 1.807) is 16.0 Å². The highest BCUT2D eigenvalue weighted by molar-refractivity contribution is 7.08. The fraction of sp³-hybridized carbons (Fsp3) is 0.364. The molecule has 2 heterocycles. The Morgan fingerprint density at radius 1 is 1.50 bits per heavy atom. The first-order chi connectivity index (χ1) is 7.85. The highest BCUT2D eigenvalue weighted by Crippen LogP contribution is 2.24. The maximum atomic E-state index is 12.3. The third-order valence-corrected chi connectivity index (χ3v) is 3.04. The predicted molar refractivity (Wildman–Crippen MR) is 64.3 cm³/mol. The molecule has 2 aromatic heterocycles. The van der Waals surface area contributed by atoms with E-state index in [1.165, 1.54) is 0 Å². The molecule has 0 bridgehead atoms. The molecule has 3 nitrogen and oxygen atoms in total. The van der Waals surface area contributed by atoms with Crippen molar-refractivity contribution in [3.05, 3.63) is 28.6 Å². The van der Waals surface area contributed by atoms with Crippen LogP contribution in [0.5, 0.6) is 0 Å². The summed E-state index contributed by atoms with van der Waals surface area (Å²) in [5.74, 6) is 0. The topological polar surface area (TPSA) is 43.8 Å². The summed E-state index contributed by atoms with van der Waals surface area (Å²) in [4.78, 5) is 0. The van der Waals surface area contributed by atoms with E-state index in [0.717, 1.165) is 23.2 Å². The average Bonchev–Trinajstić information content (AvgIpc) is 2.87. The van der Waals surface area contributed by atoms with Crippen LogP contribution in [0.25, 0.3) is 11.3 Å². The summed E-state index contributed by atoms with van der Waals surface area (Å²) in [6, 6.07) is 2.02. The van der Waals surface area contributed by atoms with Gasteiger partial charge in [-0.05, 0) is 30.0 Å². The van der Waals surface area contributed by atoms with Crippen LogP contribution in [-0.2, 0) is 13.0 Å². The highest BCUT2D eigenvalue weighted by atomic mass is 32.1. The van der Waals surface area contributed by atoms with Crippen molar-refractivity contribution in [1.29, 1.82) is 0 Å². The number of alkyl halides is 1. The van der Waals surface area contributed by atoms with Gasteiger partial charge in [-0.2, -0.15) is 16.4 Å². The lowest BCUT2D eigenvalue weighted by Gasteiger charge is -1.96. The standard InChI is InChI=1S/C11H14FN3S/c12-3-5-15-7-9(1-4-13)11(14-15)10-2-6-16-8-10/h2,6-8H,1,3-5,13H2. The van der Waals surface area contributed by atoms with Crippen molar-refractivity contribution in [3.8, 4) is 11.3 Å². The first kappa shape index (κ1) is 11.3. The lowest BCUT2D eigenvalue weighted by molar-refractivity contribution is 0.427. The van der Waals surface area contributed by atoms with Gasteiger partial charge in [0.1, 0.15) is 6.67 Å². The molecular weight excluding hydrogens is 225 g/mol. The molecule has 0 aliphatic heterocycles. The lowest BCUT2D eigenvalue weighted by Crippen LogP contribution is -2.02. The first-order valence-corrected chi connectivity index (χ1v) is 6.14. The highest BCUT2D eigenvalue weighted by Gasteiger charge is 2.10. The molecule has 0 aromatic carbocycles. The summed E-state index contributed by atoms with van der Waals surface area (Å²) in [7, 11) is 0. The second kappa shape index (κ2) is 5.23. The number of aromatic nitrogens is 2. The van der Waals surface area contributed by atoms with Crippen LogP contribution < -0.4 is 5.73 Å². The zero-order valence-electron chi connectivity index (χ0n) is 8.90. The molecule has 2 N–H and O–H groups in total. The van der Waals surface area contributed by atoms with Crippen molar-refractivity contribution >= 4 is 11.3 Å². The largest absolute Gasteiger partial charge is 0.330 e. The number of nitrogens with zero attached hydrogens (tertiary/aromatic N) is 2. The summed E-state index contributed by atoms with van der Waals surface area (Å²) in [5, 5.41) is 8.44. The molecule has 2 aromatic rings. The molecule has 5 heteroatoms. The van der Waals surface area contributed by atoms with E-state index < -0.39 is 6.67 Å². The quantitative estimate of drug-likeness (QED) is 0.868. The van der Waals surface area contributed by atoms with Crippen LogP contribution in [0.1, 0.15) is 5.56 Å². The van der Waals surface area contributed by atoms with Crippen LogP contribution in [0.4, 0.5) is 4.39 Å². The predicted octanol–water partition coefficient (Wildman–Crippen LogP) is 2.08. The van der Waals surface area contributed by atoms with Gasteiger partial charge >= 0.3 is 0 Å². The number of halogens is 1. The van der Waals surface area contributed by atoms with Crippen molar-refractivity contribution in [2.75, 3.05) is 13.2 Å². The summed E-state index contributed by atoms with van der Waals surface area (Å²) in [5.41, 5.74) is 8.67. The maximum Gasteiger partial charge on any atom is 0.109 e. The number of nitrogens with two attached hydrogens (primary N) is 1. The molecule has 0 atom stereocenters. The number of thiophene rings is 1. The molecular formula is C11H14FN3S. The van der Waals surface area contributed by atoms with Crippen LogP contribution in [0.3, 0.4) is 0 Å². The Kier molecular flexibility index (Phi) is 3.69. The van der Waals surface area contributed by atoms with Gasteiger partial charge in [-0.15, -0.1) is 0 Å². The molecule has 0 saturated heterocycles. The van der Waals surface area contributed by atoms with Crippen LogP contribution in [0.15, 0.2) is 23.0 Å². The van der Waals surface area contributed by atoms with Gasteiger partial charge in [0, 0.05) is 17.1 Å². The molecule has 2 rings (SSSR count). The van der Waals surface area contributed by atoms with Crippen molar-refractivity contribution in [1.82, 2.24) is 9.78 Å². The van der Waals surface area contributed by atoms with Crippen molar-refractivity contribution in [2.24, 2.45) is 5.73 Å². The molecule has 0 saturated carbocycles. The van der Waals surface area contributed by atoms with E-state index in [9.17, 15) is 4.39 Å². The minimum atomic E-state index is -0.396. The average molecular weight is 239 g/mol. The Morgan fingerprint density at radius 3 is 3.00 bits per heavy atom. The Labute approximate surface area is 97.7 Å². The van der Waals surface area contributed by atoms with Gasteiger partial charge in [-0.1, -0.05) is 0 Å². The maximum absolute atomic E-state index is 12.3. The van der Waals surface area contributed by atoms with Gasteiger partial charge in [0.15, 0.2) is 0 Å². The minimum Gasteiger partial charge on any atom is -0.330 e.